The number of nitrogens with one attached hydrogen (secondary N) is 2. The molecule has 0 saturated carbocycles. The van der Waals surface area contributed by atoms with E-state index in [-0.39, 0.29) is 5.56 Å². The standard InChI is InChI=1S/C17H14F2N2O/c18-14-6-3-5-13(16(14)19)17(22)20-9-8-11-10-21-15-7-2-1-4-12(11)15/h1-7,10,21H,8-9H2,(H,20,22). The van der Waals surface area contributed by atoms with Gasteiger partial charge < -0.3 is 10.3 Å². The van der Waals surface area contributed by atoms with Crippen LogP contribution in [0.4, 0.5) is 8.78 Å². The summed E-state index contributed by atoms with van der Waals surface area (Å²) in [5, 5.41) is 3.70. The van der Waals surface area contributed by atoms with Crippen molar-refractivity contribution in [1.82, 2.24) is 10.3 Å². The van der Waals surface area contributed by atoms with Crippen LogP contribution in [0.3, 0.4) is 0 Å². The topological polar surface area (TPSA) is 44.9 Å². The number of fused-ring (bicyclic) bond motifs is 1. The highest BCUT2D eigenvalue weighted by Crippen LogP contribution is 2.17. The molecule has 2 N–H and O–H groups in total. The van der Waals surface area contributed by atoms with Crippen molar-refractivity contribution in [3.63, 3.8) is 0 Å². The van der Waals surface area contributed by atoms with E-state index in [9.17, 15) is 13.6 Å². The minimum absolute atomic E-state index is 0.279. The van der Waals surface area contributed by atoms with Crippen molar-refractivity contribution in [2.45, 2.75) is 6.42 Å². The normalized spacial score (nSPS) is 10.8. The van der Waals surface area contributed by atoms with E-state index in [2.05, 4.69) is 10.3 Å². The summed E-state index contributed by atoms with van der Waals surface area (Å²) < 4.78 is 26.6. The van der Waals surface area contributed by atoms with Crippen molar-refractivity contribution < 1.29 is 13.6 Å². The maximum atomic E-state index is 13.5. The number of carbonyl (C=O) groups is 1. The number of carbonyl (C=O) groups excluding carboxylic acids is 1. The molecule has 0 radical (unpaired) electrons. The fraction of sp³-hybridized carbons (Fsp3) is 0.118. The van der Waals surface area contributed by atoms with Crippen molar-refractivity contribution in [3.8, 4) is 0 Å². The second-order valence-electron chi connectivity index (χ2n) is 4.97. The molecule has 0 spiro atoms. The molecule has 2 aromatic carbocycles. The molecular formula is C17H14F2N2O. The van der Waals surface area contributed by atoms with E-state index in [1.54, 1.807) is 0 Å². The summed E-state index contributed by atoms with van der Waals surface area (Å²) >= 11 is 0. The van der Waals surface area contributed by atoms with Gasteiger partial charge in [-0.15, -0.1) is 0 Å². The summed E-state index contributed by atoms with van der Waals surface area (Å²) in [6.07, 6.45) is 2.49. The van der Waals surface area contributed by atoms with E-state index in [0.29, 0.717) is 13.0 Å². The quantitative estimate of drug-likeness (QED) is 0.762. The van der Waals surface area contributed by atoms with Gasteiger partial charge in [0.2, 0.25) is 0 Å². The fourth-order valence-electron chi connectivity index (χ4n) is 2.42. The van der Waals surface area contributed by atoms with Gasteiger partial charge in [0, 0.05) is 23.6 Å². The highest BCUT2D eigenvalue weighted by Gasteiger charge is 2.14. The average Bonchev–Trinajstić information content (AvgIpc) is 2.93. The van der Waals surface area contributed by atoms with Gasteiger partial charge in [0.15, 0.2) is 11.6 Å². The first-order chi connectivity index (χ1) is 10.7. The monoisotopic (exact) mass is 300 g/mol. The second kappa shape index (κ2) is 5.97. The molecule has 3 nitrogen and oxygen atoms in total. The van der Waals surface area contributed by atoms with Crippen molar-refractivity contribution >= 4 is 16.8 Å². The highest BCUT2D eigenvalue weighted by atomic mass is 19.2. The van der Waals surface area contributed by atoms with Crippen molar-refractivity contribution in [1.29, 1.82) is 0 Å². The first kappa shape index (κ1) is 14.3. The molecule has 3 aromatic rings. The number of rotatable bonds is 4. The van der Waals surface area contributed by atoms with Crippen molar-refractivity contribution in [3.05, 3.63) is 71.4 Å². The summed E-state index contributed by atoms with van der Waals surface area (Å²) in [6.45, 7) is 0.344. The number of halogens is 2. The Balaban J connectivity index is 1.66. The maximum Gasteiger partial charge on any atom is 0.254 e. The van der Waals surface area contributed by atoms with Crippen LogP contribution in [0.15, 0.2) is 48.7 Å². The van der Waals surface area contributed by atoms with Gasteiger partial charge in [-0.2, -0.15) is 0 Å². The lowest BCUT2D eigenvalue weighted by atomic mass is 10.1. The number of amides is 1. The molecule has 0 saturated heterocycles. The Kier molecular flexibility index (Phi) is 3.87. The van der Waals surface area contributed by atoms with E-state index in [0.717, 1.165) is 22.5 Å². The van der Waals surface area contributed by atoms with Crippen molar-refractivity contribution in [2.75, 3.05) is 6.54 Å². The molecular weight excluding hydrogens is 286 g/mol. The molecule has 0 bridgehead atoms. The van der Waals surface area contributed by atoms with Crippen LogP contribution in [0, 0.1) is 11.6 Å². The molecule has 0 atom stereocenters. The number of aromatic nitrogens is 1. The summed E-state index contributed by atoms with van der Waals surface area (Å²) in [5.41, 5.74) is 1.81. The third-order valence-corrected chi connectivity index (χ3v) is 3.55. The number of H-pyrrole nitrogens is 1. The van der Waals surface area contributed by atoms with Gasteiger partial charge in [-0.25, -0.2) is 8.78 Å². The molecule has 0 aliphatic heterocycles. The number of benzene rings is 2. The number of para-hydroxylation sites is 1. The minimum atomic E-state index is -1.12. The molecule has 112 valence electrons. The fourth-order valence-corrected chi connectivity index (χ4v) is 2.42. The lowest BCUT2D eigenvalue weighted by Gasteiger charge is -2.06. The minimum Gasteiger partial charge on any atom is -0.361 e. The van der Waals surface area contributed by atoms with Crippen LogP contribution in [0.2, 0.25) is 0 Å². The first-order valence-electron chi connectivity index (χ1n) is 6.94. The maximum absolute atomic E-state index is 13.5. The van der Waals surface area contributed by atoms with E-state index in [1.165, 1.54) is 12.1 Å². The van der Waals surface area contributed by atoms with E-state index in [1.807, 2.05) is 30.5 Å². The predicted molar refractivity (Wildman–Crippen MR) is 80.7 cm³/mol. The zero-order valence-corrected chi connectivity index (χ0v) is 11.7. The second-order valence-corrected chi connectivity index (χ2v) is 4.97. The van der Waals surface area contributed by atoms with Gasteiger partial charge in [-0.3, -0.25) is 4.79 Å². The molecule has 0 aliphatic carbocycles. The smallest absolute Gasteiger partial charge is 0.254 e. The number of hydrogen-bond acceptors (Lipinski definition) is 1. The van der Waals surface area contributed by atoms with Gasteiger partial charge in [-0.1, -0.05) is 24.3 Å². The van der Waals surface area contributed by atoms with Crippen LogP contribution in [0.1, 0.15) is 15.9 Å². The van der Waals surface area contributed by atoms with Crippen LogP contribution in [0.5, 0.6) is 0 Å². The zero-order valence-electron chi connectivity index (χ0n) is 11.7. The molecule has 0 fully saturated rings. The van der Waals surface area contributed by atoms with Crippen LogP contribution in [-0.2, 0) is 6.42 Å². The summed E-state index contributed by atoms with van der Waals surface area (Å²) in [4.78, 5) is 15.0. The molecule has 3 rings (SSSR count). The van der Waals surface area contributed by atoms with Crippen LogP contribution < -0.4 is 5.32 Å². The molecule has 1 amide bonds. The highest BCUT2D eigenvalue weighted by molar-refractivity contribution is 5.94. The van der Waals surface area contributed by atoms with Gasteiger partial charge in [0.05, 0.1) is 5.56 Å². The van der Waals surface area contributed by atoms with E-state index in [4.69, 9.17) is 0 Å². The predicted octanol–water partition coefficient (Wildman–Crippen LogP) is 3.42. The summed E-state index contributed by atoms with van der Waals surface area (Å²) in [7, 11) is 0. The van der Waals surface area contributed by atoms with Gasteiger partial charge in [0.1, 0.15) is 0 Å². The molecule has 0 unspecified atom stereocenters. The molecule has 5 heteroatoms. The molecule has 1 aromatic heterocycles. The Morgan fingerprint density at radius 1 is 1.09 bits per heavy atom. The van der Waals surface area contributed by atoms with Crippen LogP contribution >= 0.6 is 0 Å². The van der Waals surface area contributed by atoms with Gasteiger partial charge >= 0.3 is 0 Å². The Morgan fingerprint density at radius 3 is 2.77 bits per heavy atom. The summed E-state index contributed by atoms with van der Waals surface area (Å²) in [6, 6.07) is 11.4. The SMILES string of the molecule is O=C(NCCc1c[nH]c2ccccc12)c1cccc(F)c1F. The number of aromatic amines is 1. The molecule has 0 aliphatic rings. The largest absolute Gasteiger partial charge is 0.361 e. The Bertz CT molecular complexity index is 826. The van der Waals surface area contributed by atoms with Crippen LogP contribution in [-0.4, -0.2) is 17.4 Å². The van der Waals surface area contributed by atoms with Gasteiger partial charge in [0.25, 0.3) is 5.91 Å². The number of hydrogen-bond donors (Lipinski definition) is 2. The lowest BCUT2D eigenvalue weighted by molar-refractivity contribution is 0.0949. The summed E-state index contributed by atoms with van der Waals surface area (Å²) in [5.74, 6) is -2.76. The Hall–Kier alpha value is -2.69. The van der Waals surface area contributed by atoms with Crippen LogP contribution in [0.25, 0.3) is 10.9 Å². The molecule has 1 heterocycles. The van der Waals surface area contributed by atoms with Crippen molar-refractivity contribution in [2.24, 2.45) is 0 Å². The average molecular weight is 300 g/mol. The Labute approximate surface area is 126 Å². The molecule has 22 heavy (non-hydrogen) atoms. The third-order valence-electron chi connectivity index (χ3n) is 3.55. The first-order valence-corrected chi connectivity index (χ1v) is 6.94. The lowest BCUT2D eigenvalue weighted by Crippen LogP contribution is -2.26. The van der Waals surface area contributed by atoms with E-state index >= 15 is 0 Å². The third kappa shape index (κ3) is 2.70. The zero-order chi connectivity index (χ0) is 15.5. The van der Waals surface area contributed by atoms with Gasteiger partial charge in [-0.05, 0) is 30.2 Å². The van der Waals surface area contributed by atoms with E-state index < -0.39 is 17.5 Å². The Morgan fingerprint density at radius 2 is 1.91 bits per heavy atom.